The Kier molecular flexibility index (Phi) is 5.99. The van der Waals surface area contributed by atoms with Crippen LogP contribution < -0.4 is 0 Å². The van der Waals surface area contributed by atoms with Gasteiger partial charge < -0.3 is 9.31 Å². The van der Waals surface area contributed by atoms with E-state index in [4.69, 9.17) is 9.31 Å². The predicted octanol–water partition coefficient (Wildman–Crippen LogP) is 5.47. The van der Waals surface area contributed by atoms with Gasteiger partial charge in [0.25, 0.3) is 0 Å². The molecule has 124 valence electrons. The second-order valence-electron chi connectivity index (χ2n) is 7.93. The number of rotatable bonds is 5. The Hall–Kier alpha value is -0.495. The van der Waals surface area contributed by atoms with Crippen LogP contribution in [0.3, 0.4) is 0 Å². The molecule has 0 aromatic carbocycles. The number of hydrogen-bond donors (Lipinski definition) is 0. The highest BCUT2D eigenvalue weighted by Gasteiger charge is 2.52. The summed E-state index contributed by atoms with van der Waals surface area (Å²) in [6.07, 6.45) is 12.4. The van der Waals surface area contributed by atoms with Crippen molar-refractivity contribution in [2.24, 2.45) is 5.92 Å². The van der Waals surface area contributed by atoms with Gasteiger partial charge in [-0.3, -0.25) is 0 Å². The van der Waals surface area contributed by atoms with Gasteiger partial charge in [0.05, 0.1) is 11.2 Å². The first-order valence-electron chi connectivity index (χ1n) is 9.17. The molecule has 0 N–H and O–H groups in total. The normalized spacial score (nSPS) is 24.1. The fourth-order valence-electron chi connectivity index (χ4n) is 3.14. The lowest BCUT2D eigenvalue weighted by molar-refractivity contribution is 0.00578. The van der Waals surface area contributed by atoms with Crippen molar-refractivity contribution in [3.05, 3.63) is 17.3 Å². The minimum absolute atomic E-state index is 0.226. The lowest BCUT2D eigenvalue weighted by Gasteiger charge is -2.32. The molecule has 1 saturated heterocycles. The fourth-order valence-corrected chi connectivity index (χ4v) is 3.14. The van der Waals surface area contributed by atoms with Gasteiger partial charge in [0, 0.05) is 5.47 Å². The Labute approximate surface area is 137 Å². The smallest absolute Gasteiger partial charge is 0.399 e. The zero-order valence-electron chi connectivity index (χ0n) is 15.2. The molecule has 22 heavy (non-hydrogen) atoms. The minimum Gasteiger partial charge on any atom is -0.399 e. The Morgan fingerprint density at radius 3 is 2.23 bits per heavy atom. The van der Waals surface area contributed by atoms with E-state index in [0.29, 0.717) is 5.92 Å². The van der Waals surface area contributed by atoms with Gasteiger partial charge in [-0.1, -0.05) is 32.6 Å². The highest BCUT2D eigenvalue weighted by atomic mass is 16.7. The second-order valence-corrected chi connectivity index (χ2v) is 7.93. The predicted molar refractivity (Wildman–Crippen MR) is 93.8 cm³/mol. The van der Waals surface area contributed by atoms with Gasteiger partial charge >= 0.3 is 7.12 Å². The summed E-state index contributed by atoms with van der Waals surface area (Å²) in [6, 6.07) is 0. The van der Waals surface area contributed by atoms with E-state index in [1.165, 1.54) is 50.4 Å². The van der Waals surface area contributed by atoms with Crippen LogP contribution in [0, 0.1) is 5.92 Å². The van der Waals surface area contributed by atoms with Crippen molar-refractivity contribution in [2.45, 2.75) is 97.2 Å². The van der Waals surface area contributed by atoms with E-state index in [1.807, 2.05) is 0 Å². The first-order chi connectivity index (χ1) is 10.4. The average molecular weight is 304 g/mol. The molecule has 0 spiro atoms. The first kappa shape index (κ1) is 17.9. The maximum atomic E-state index is 6.22. The molecule has 0 amide bonds. The molecule has 0 aromatic rings. The van der Waals surface area contributed by atoms with Crippen LogP contribution in [-0.4, -0.2) is 18.3 Å². The Morgan fingerprint density at radius 1 is 1.09 bits per heavy atom. The highest BCUT2D eigenvalue weighted by Crippen LogP contribution is 2.39. The van der Waals surface area contributed by atoms with Crippen LogP contribution >= 0.6 is 0 Å². The van der Waals surface area contributed by atoms with E-state index in [0.717, 1.165) is 6.42 Å². The van der Waals surface area contributed by atoms with Crippen molar-refractivity contribution in [3.63, 3.8) is 0 Å². The van der Waals surface area contributed by atoms with Crippen LogP contribution in [0.5, 0.6) is 0 Å². The summed E-state index contributed by atoms with van der Waals surface area (Å²) in [5.41, 5.74) is 4.26. The molecular formula is C19H33BO2. The van der Waals surface area contributed by atoms with Crippen molar-refractivity contribution in [3.8, 4) is 0 Å². The van der Waals surface area contributed by atoms with Crippen LogP contribution in [0.25, 0.3) is 0 Å². The molecule has 2 rings (SSSR count). The van der Waals surface area contributed by atoms with Crippen LogP contribution in [0.1, 0.15) is 86.0 Å². The molecular weight excluding hydrogens is 271 g/mol. The minimum atomic E-state index is -0.262. The molecule has 0 unspecified atom stereocenters. The van der Waals surface area contributed by atoms with E-state index < -0.39 is 0 Å². The summed E-state index contributed by atoms with van der Waals surface area (Å²) >= 11 is 0. The summed E-state index contributed by atoms with van der Waals surface area (Å²) in [6.45, 7) is 10.7. The van der Waals surface area contributed by atoms with Crippen LogP contribution in [-0.2, 0) is 9.31 Å². The van der Waals surface area contributed by atoms with Gasteiger partial charge in [0.1, 0.15) is 0 Å². The molecule has 1 heterocycles. The fraction of sp³-hybridized carbons (Fsp3) is 0.842. The molecule has 2 fully saturated rings. The maximum Gasteiger partial charge on any atom is 0.498 e. The molecule has 3 heteroatoms. The SMILES string of the molecule is CCCCC(=C=CC1CCCCC1)B1OC(C)(C)C(C)(C)O1. The van der Waals surface area contributed by atoms with Crippen molar-refractivity contribution in [1.82, 2.24) is 0 Å². The molecule has 0 radical (unpaired) electrons. The monoisotopic (exact) mass is 304 g/mol. The molecule has 1 aliphatic heterocycles. The van der Waals surface area contributed by atoms with Crippen LogP contribution in [0.15, 0.2) is 17.3 Å². The maximum absolute atomic E-state index is 6.22. The first-order valence-corrected chi connectivity index (χ1v) is 9.17. The lowest BCUT2D eigenvalue weighted by Crippen LogP contribution is -2.41. The van der Waals surface area contributed by atoms with E-state index in [-0.39, 0.29) is 18.3 Å². The number of hydrogen-bond acceptors (Lipinski definition) is 2. The molecule has 0 atom stereocenters. The van der Waals surface area contributed by atoms with E-state index in [9.17, 15) is 0 Å². The third kappa shape index (κ3) is 4.28. The van der Waals surface area contributed by atoms with Crippen molar-refractivity contribution in [2.75, 3.05) is 0 Å². The third-order valence-corrected chi connectivity index (χ3v) is 5.49. The van der Waals surface area contributed by atoms with Crippen LogP contribution in [0.2, 0.25) is 0 Å². The van der Waals surface area contributed by atoms with Gasteiger partial charge in [-0.15, -0.1) is 5.73 Å². The van der Waals surface area contributed by atoms with Gasteiger partial charge in [0.15, 0.2) is 0 Å². The third-order valence-electron chi connectivity index (χ3n) is 5.49. The summed E-state index contributed by atoms with van der Waals surface area (Å²) in [7, 11) is -0.226. The topological polar surface area (TPSA) is 18.5 Å². The summed E-state index contributed by atoms with van der Waals surface area (Å²) < 4.78 is 12.4. The Morgan fingerprint density at radius 2 is 1.68 bits per heavy atom. The zero-order chi connectivity index (χ0) is 16.2. The standard InChI is InChI=1S/C19H33BO2/c1-6-7-13-17(15-14-16-11-9-8-10-12-16)20-21-18(2,3)19(4,5)22-20/h14,16H,6-13H2,1-5H3. The molecule has 2 aliphatic rings. The Balaban J connectivity index is 2.14. The molecule has 1 saturated carbocycles. The van der Waals surface area contributed by atoms with Gasteiger partial charge in [-0.05, 0) is 65.4 Å². The quantitative estimate of drug-likeness (QED) is 0.495. The number of unbranched alkanes of at least 4 members (excludes halogenated alkanes) is 1. The highest BCUT2D eigenvalue weighted by molar-refractivity contribution is 6.54. The van der Waals surface area contributed by atoms with Gasteiger partial charge in [-0.25, -0.2) is 0 Å². The molecule has 1 aliphatic carbocycles. The van der Waals surface area contributed by atoms with Crippen molar-refractivity contribution >= 4 is 7.12 Å². The second kappa shape index (κ2) is 7.38. The summed E-state index contributed by atoms with van der Waals surface area (Å²) in [5, 5.41) is 0. The molecule has 0 aromatic heterocycles. The van der Waals surface area contributed by atoms with Gasteiger partial charge in [0.2, 0.25) is 0 Å². The summed E-state index contributed by atoms with van der Waals surface area (Å²) in [4.78, 5) is 0. The number of allylic oxidation sites excluding steroid dienone is 1. The van der Waals surface area contributed by atoms with Crippen LogP contribution in [0.4, 0.5) is 0 Å². The van der Waals surface area contributed by atoms with Gasteiger partial charge in [-0.2, -0.15) is 0 Å². The van der Waals surface area contributed by atoms with Crippen molar-refractivity contribution < 1.29 is 9.31 Å². The molecule has 0 bridgehead atoms. The van der Waals surface area contributed by atoms with E-state index >= 15 is 0 Å². The Bertz CT molecular complexity index is 411. The largest absolute Gasteiger partial charge is 0.498 e. The van der Waals surface area contributed by atoms with Crippen molar-refractivity contribution in [1.29, 1.82) is 0 Å². The zero-order valence-corrected chi connectivity index (χ0v) is 15.2. The average Bonchev–Trinajstić information content (AvgIpc) is 2.68. The summed E-state index contributed by atoms with van der Waals surface area (Å²) in [5.74, 6) is 0.702. The van der Waals surface area contributed by atoms with E-state index in [1.54, 1.807) is 0 Å². The molecule has 2 nitrogen and oxygen atoms in total. The van der Waals surface area contributed by atoms with E-state index in [2.05, 4.69) is 46.4 Å². The lowest BCUT2D eigenvalue weighted by atomic mass is 9.75.